The Labute approximate surface area is 153 Å². The molecule has 138 valence electrons. The summed E-state index contributed by atoms with van der Waals surface area (Å²) < 4.78 is 10.8. The minimum absolute atomic E-state index is 0.0174. The topological polar surface area (TPSA) is 67.9 Å². The maximum Gasteiger partial charge on any atom is 0.259 e. The highest BCUT2D eigenvalue weighted by Gasteiger charge is 2.07. The van der Waals surface area contributed by atoms with E-state index in [1.807, 2.05) is 31.2 Å². The Morgan fingerprint density at radius 2 is 1.50 bits per heavy atom. The van der Waals surface area contributed by atoms with Gasteiger partial charge >= 0.3 is 0 Å². The van der Waals surface area contributed by atoms with Gasteiger partial charge in [-0.1, -0.05) is 12.1 Å². The SMILES string of the molecule is CCOc1ccc(CC(=O)Nc2ccc(OCC(=O)N(C)C)cc2)cc1. The van der Waals surface area contributed by atoms with Crippen molar-refractivity contribution in [3.05, 3.63) is 54.1 Å². The van der Waals surface area contributed by atoms with Crippen molar-refractivity contribution in [2.24, 2.45) is 0 Å². The summed E-state index contributed by atoms with van der Waals surface area (Å²) in [5, 5.41) is 2.84. The predicted molar refractivity (Wildman–Crippen MR) is 101 cm³/mol. The summed E-state index contributed by atoms with van der Waals surface area (Å²) in [5.74, 6) is 1.15. The van der Waals surface area contributed by atoms with E-state index < -0.39 is 0 Å². The van der Waals surface area contributed by atoms with Crippen LogP contribution in [0.1, 0.15) is 12.5 Å². The van der Waals surface area contributed by atoms with Crippen LogP contribution < -0.4 is 14.8 Å². The number of hydrogen-bond donors (Lipinski definition) is 1. The monoisotopic (exact) mass is 356 g/mol. The Hall–Kier alpha value is -3.02. The second kappa shape index (κ2) is 9.46. The van der Waals surface area contributed by atoms with E-state index in [1.54, 1.807) is 38.4 Å². The van der Waals surface area contributed by atoms with Gasteiger partial charge in [0.2, 0.25) is 5.91 Å². The normalized spacial score (nSPS) is 10.1. The van der Waals surface area contributed by atoms with Gasteiger partial charge in [0.15, 0.2) is 6.61 Å². The Morgan fingerprint density at radius 1 is 0.923 bits per heavy atom. The van der Waals surface area contributed by atoms with Crippen LogP contribution in [0.2, 0.25) is 0 Å². The molecule has 0 heterocycles. The highest BCUT2D eigenvalue weighted by molar-refractivity contribution is 5.92. The molecule has 0 spiro atoms. The summed E-state index contributed by atoms with van der Waals surface area (Å²) in [4.78, 5) is 25.1. The van der Waals surface area contributed by atoms with Gasteiger partial charge in [0, 0.05) is 19.8 Å². The number of ether oxygens (including phenoxy) is 2. The molecular formula is C20H24N2O4. The summed E-state index contributed by atoms with van der Waals surface area (Å²) in [5.41, 5.74) is 1.58. The number of likely N-dealkylation sites (N-methyl/N-ethyl adjacent to an activating group) is 1. The van der Waals surface area contributed by atoms with Crippen molar-refractivity contribution >= 4 is 17.5 Å². The summed E-state index contributed by atoms with van der Waals surface area (Å²) in [6, 6.07) is 14.4. The molecule has 6 nitrogen and oxygen atoms in total. The largest absolute Gasteiger partial charge is 0.494 e. The smallest absolute Gasteiger partial charge is 0.259 e. The lowest BCUT2D eigenvalue weighted by Gasteiger charge is -2.12. The minimum Gasteiger partial charge on any atom is -0.494 e. The van der Waals surface area contributed by atoms with Crippen LogP contribution in [-0.2, 0) is 16.0 Å². The van der Waals surface area contributed by atoms with Crippen molar-refractivity contribution < 1.29 is 19.1 Å². The molecule has 2 aromatic rings. The Bertz CT molecular complexity index is 724. The Morgan fingerprint density at radius 3 is 2.08 bits per heavy atom. The molecule has 0 atom stereocenters. The first-order valence-electron chi connectivity index (χ1n) is 8.42. The van der Waals surface area contributed by atoms with Crippen LogP contribution in [0.4, 0.5) is 5.69 Å². The van der Waals surface area contributed by atoms with E-state index in [1.165, 1.54) is 4.90 Å². The molecule has 0 fully saturated rings. The van der Waals surface area contributed by atoms with E-state index in [0.717, 1.165) is 11.3 Å². The third-order valence-corrected chi connectivity index (χ3v) is 3.60. The molecule has 0 aliphatic heterocycles. The fraction of sp³-hybridized carbons (Fsp3) is 0.300. The van der Waals surface area contributed by atoms with Gasteiger partial charge in [0.1, 0.15) is 11.5 Å². The van der Waals surface area contributed by atoms with Gasteiger partial charge in [0.05, 0.1) is 13.0 Å². The summed E-state index contributed by atoms with van der Waals surface area (Å²) >= 11 is 0. The van der Waals surface area contributed by atoms with Crippen molar-refractivity contribution in [3.63, 3.8) is 0 Å². The average Bonchev–Trinajstić information content (AvgIpc) is 2.62. The molecule has 2 aromatic carbocycles. The van der Waals surface area contributed by atoms with Gasteiger partial charge in [-0.2, -0.15) is 0 Å². The molecule has 0 radical (unpaired) electrons. The van der Waals surface area contributed by atoms with E-state index in [4.69, 9.17) is 9.47 Å². The van der Waals surface area contributed by atoms with Crippen molar-refractivity contribution in [3.8, 4) is 11.5 Å². The number of anilines is 1. The first kappa shape index (κ1) is 19.3. The van der Waals surface area contributed by atoms with Gasteiger partial charge < -0.3 is 19.7 Å². The lowest BCUT2D eigenvalue weighted by Crippen LogP contribution is -2.27. The van der Waals surface area contributed by atoms with Crippen LogP contribution in [0.5, 0.6) is 11.5 Å². The van der Waals surface area contributed by atoms with Crippen LogP contribution in [0.3, 0.4) is 0 Å². The lowest BCUT2D eigenvalue weighted by atomic mass is 10.1. The van der Waals surface area contributed by atoms with Crippen LogP contribution in [-0.4, -0.2) is 44.0 Å². The van der Waals surface area contributed by atoms with Crippen molar-refractivity contribution in [2.75, 3.05) is 32.6 Å². The summed E-state index contributed by atoms with van der Waals surface area (Å²) in [7, 11) is 3.35. The second-order valence-corrected chi connectivity index (χ2v) is 5.90. The van der Waals surface area contributed by atoms with E-state index >= 15 is 0 Å². The first-order chi connectivity index (χ1) is 12.5. The third kappa shape index (κ3) is 6.12. The lowest BCUT2D eigenvalue weighted by molar-refractivity contribution is -0.130. The maximum absolute atomic E-state index is 12.1. The molecule has 0 aliphatic carbocycles. The number of hydrogen-bond acceptors (Lipinski definition) is 4. The molecule has 0 saturated carbocycles. The standard InChI is InChI=1S/C20H24N2O4/c1-4-25-17-9-5-15(6-10-17)13-19(23)21-16-7-11-18(12-8-16)26-14-20(24)22(2)3/h5-12H,4,13-14H2,1-3H3,(H,21,23). The Kier molecular flexibility index (Phi) is 7.02. The van der Waals surface area contributed by atoms with E-state index in [-0.39, 0.29) is 24.8 Å². The van der Waals surface area contributed by atoms with Gasteiger partial charge in [-0.25, -0.2) is 0 Å². The predicted octanol–water partition coefficient (Wildman–Crippen LogP) is 2.73. The highest BCUT2D eigenvalue weighted by atomic mass is 16.5. The summed E-state index contributed by atoms with van der Waals surface area (Å²) in [6.07, 6.45) is 0.280. The molecule has 0 bridgehead atoms. The molecule has 2 amide bonds. The van der Waals surface area contributed by atoms with Gasteiger partial charge in [-0.15, -0.1) is 0 Å². The maximum atomic E-state index is 12.1. The van der Waals surface area contributed by atoms with E-state index in [2.05, 4.69) is 5.32 Å². The number of carbonyl (C=O) groups excluding carboxylic acids is 2. The third-order valence-electron chi connectivity index (χ3n) is 3.60. The van der Waals surface area contributed by atoms with E-state index in [9.17, 15) is 9.59 Å². The molecule has 6 heteroatoms. The number of amides is 2. The quantitative estimate of drug-likeness (QED) is 0.790. The molecule has 0 saturated heterocycles. The first-order valence-corrected chi connectivity index (χ1v) is 8.42. The number of carbonyl (C=O) groups is 2. The molecular weight excluding hydrogens is 332 g/mol. The van der Waals surface area contributed by atoms with Crippen LogP contribution in [0.15, 0.2) is 48.5 Å². The number of rotatable bonds is 8. The zero-order chi connectivity index (χ0) is 18.9. The van der Waals surface area contributed by atoms with E-state index in [0.29, 0.717) is 18.0 Å². The summed E-state index contributed by atoms with van der Waals surface area (Å²) in [6.45, 7) is 2.52. The number of nitrogens with one attached hydrogen (secondary N) is 1. The molecule has 2 rings (SSSR count). The van der Waals surface area contributed by atoms with Crippen molar-refractivity contribution in [1.29, 1.82) is 0 Å². The average molecular weight is 356 g/mol. The zero-order valence-electron chi connectivity index (χ0n) is 15.3. The second-order valence-electron chi connectivity index (χ2n) is 5.90. The minimum atomic E-state index is -0.113. The molecule has 0 aliphatic rings. The zero-order valence-corrected chi connectivity index (χ0v) is 15.3. The number of benzene rings is 2. The van der Waals surface area contributed by atoms with Gasteiger partial charge in [-0.3, -0.25) is 9.59 Å². The molecule has 0 aromatic heterocycles. The van der Waals surface area contributed by atoms with Crippen LogP contribution >= 0.6 is 0 Å². The van der Waals surface area contributed by atoms with Gasteiger partial charge in [-0.05, 0) is 48.9 Å². The van der Waals surface area contributed by atoms with Gasteiger partial charge in [0.25, 0.3) is 5.91 Å². The molecule has 1 N–H and O–H groups in total. The number of nitrogens with zero attached hydrogens (tertiary/aromatic N) is 1. The highest BCUT2D eigenvalue weighted by Crippen LogP contribution is 2.17. The van der Waals surface area contributed by atoms with Crippen LogP contribution in [0, 0.1) is 0 Å². The molecule has 26 heavy (non-hydrogen) atoms. The fourth-order valence-corrected chi connectivity index (χ4v) is 2.17. The Balaban J connectivity index is 1.84. The van der Waals surface area contributed by atoms with Crippen LogP contribution in [0.25, 0.3) is 0 Å². The van der Waals surface area contributed by atoms with Crippen molar-refractivity contribution in [1.82, 2.24) is 4.90 Å². The fourth-order valence-electron chi connectivity index (χ4n) is 2.17. The van der Waals surface area contributed by atoms with Crippen molar-refractivity contribution in [2.45, 2.75) is 13.3 Å². The molecule has 0 unspecified atom stereocenters.